The molecule has 1 fully saturated rings. The van der Waals surface area contributed by atoms with E-state index in [0.29, 0.717) is 11.8 Å². The van der Waals surface area contributed by atoms with Crippen LogP contribution in [-0.2, 0) is 0 Å². The monoisotopic (exact) mass is 220 g/mol. The third-order valence-electron chi connectivity index (χ3n) is 3.27. The van der Waals surface area contributed by atoms with Crippen LogP contribution in [0.3, 0.4) is 0 Å². The van der Waals surface area contributed by atoms with Gasteiger partial charge in [-0.25, -0.2) is 9.78 Å². The molecule has 0 bridgehead atoms. The number of aromatic carboxylic acids is 1. The summed E-state index contributed by atoms with van der Waals surface area (Å²) in [7, 11) is 0. The number of anilines is 1. The second-order valence-electron chi connectivity index (χ2n) is 4.55. The maximum Gasteiger partial charge on any atom is 0.354 e. The van der Waals surface area contributed by atoms with Gasteiger partial charge in [0.05, 0.1) is 0 Å². The summed E-state index contributed by atoms with van der Waals surface area (Å²) >= 11 is 0. The molecule has 0 aromatic carbocycles. The standard InChI is InChI=1S/C12H16N2O2/c1-8-6-14(7-9(8)2)11-5-3-4-10(13-11)12(15)16/h3-5,8-9H,6-7H2,1-2H3,(H,15,16). The van der Waals surface area contributed by atoms with Gasteiger partial charge in [-0.3, -0.25) is 0 Å². The van der Waals surface area contributed by atoms with Crippen LogP contribution in [0.4, 0.5) is 5.82 Å². The van der Waals surface area contributed by atoms with Crippen LogP contribution in [0.1, 0.15) is 24.3 Å². The lowest BCUT2D eigenvalue weighted by Crippen LogP contribution is -2.21. The van der Waals surface area contributed by atoms with Gasteiger partial charge < -0.3 is 10.0 Å². The first-order chi connectivity index (χ1) is 7.58. The summed E-state index contributed by atoms with van der Waals surface area (Å²) in [5.41, 5.74) is 0.115. The molecule has 0 amide bonds. The van der Waals surface area contributed by atoms with Crippen LogP contribution in [0.5, 0.6) is 0 Å². The van der Waals surface area contributed by atoms with E-state index in [1.807, 2.05) is 6.07 Å². The summed E-state index contributed by atoms with van der Waals surface area (Å²) in [6, 6.07) is 5.14. The van der Waals surface area contributed by atoms with Crippen LogP contribution in [-0.4, -0.2) is 29.1 Å². The van der Waals surface area contributed by atoms with Crippen LogP contribution >= 0.6 is 0 Å². The number of rotatable bonds is 2. The van der Waals surface area contributed by atoms with Gasteiger partial charge in [0.25, 0.3) is 0 Å². The highest BCUT2D eigenvalue weighted by Gasteiger charge is 2.27. The van der Waals surface area contributed by atoms with Crippen LogP contribution in [0, 0.1) is 11.8 Å². The van der Waals surface area contributed by atoms with E-state index in [1.54, 1.807) is 6.07 Å². The highest BCUT2D eigenvalue weighted by atomic mass is 16.4. The molecule has 4 heteroatoms. The van der Waals surface area contributed by atoms with Gasteiger partial charge in [0, 0.05) is 13.1 Å². The van der Waals surface area contributed by atoms with Gasteiger partial charge in [0.1, 0.15) is 5.82 Å². The summed E-state index contributed by atoms with van der Waals surface area (Å²) in [5, 5.41) is 8.88. The predicted molar refractivity (Wildman–Crippen MR) is 61.7 cm³/mol. The van der Waals surface area contributed by atoms with E-state index in [4.69, 9.17) is 5.11 Å². The van der Waals surface area contributed by atoms with Gasteiger partial charge in [-0.1, -0.05) is 19.9 Å². The molecule has 1 aromatic rings. The molecule has 0 aliphatic carbocycles. The highest BCUT2D eigenvalue weighted by molar-refractivity contribution is 5.85. The average molecular weight is 220 g/mol. The Morgan fingerprint density at radius 3 is 2.56 bits per heavy atom. The molecule has 1 saturated heterocycles. The molecule has 0 radical (unpaired) electrons. The van der Waals surface area contributed by atoms with Gasteiger partial charge >= 0.3 is 5.97 Å². The SMILES string of the molecule is CC1CN(c2cccc(C(=O)O)n2)CC1C. The Morgan fingerprint density at radius 2 is 2.00 bits per heavy atom. The quantitative estimate of drug-likeness (QED) is 0.826. The Labute approximate surface area is 94.9 Å². The van der Waals surface area contributed by atoms with Crippen molar-refractivity contribution >= 4 is 11.8 Å². The van der Waals surface area contributed by atoms with Crippen molar-refractivity contribution in [2.24, 2.45) is 11.8 Å². The van der Waals surface area contributed by atoms with Crippen molar-refractivity contribution in [2.45, 2.75) is 13.8 Å². The van der Waals surface area contributed by atoms with E-state index in [-0.39, 0.29) is 5.69 Å². The summed E-state index contributed by atoms with van der Waals surface area (Å²) in [4.78, 5) is 17.1. The maximum absolute atomic E-state index is 10.8. The van der Waals surface area contributed by atoms with Crippen molar-refractivity contribution in [3.8, 4) is 0 Å². The molecule has 2 rings (SSSR count). The summed E-state index contributed by atoms with van der Waals surface area (Å²) < 4.78 is 0. The lowest BCUT2D eigenvalue weighted by atomic mass is 10.0. The Bertz CT molecular complexity index is 396. The summed E-state index contributed by atoms with van der Waals surface area (Å²) in [5.74, 6) is 1.07. The van der Waals surface area contributed by atoms with Crippen molar-refractivity contribution in [1.82, 2.24) is 4.98 Å². The lowest BCUT2D eigenvalue weighted by Gasteiger charge is -2.17. The minimum atomic E-state index is -0.970. The fourth-order valence-corrected chi connectivity index (χ4v) is 2.04. The fourth-order valence-electron chi connectivity index (χ4n) is 2.04. The summed E-state index contributed by atoms with van der Waals surface area (Å²) in [6.45, 7) is 6.34. The van der Waals surface area contributed by atoms with E-state index in [9.17, 15) is 4.79 Å². The molecule has 2 atom stereocenters. The molecule has 1 aliphatic heterocycles. The van der Waals surface area contributed by atoms with Crippen molar-refractivity contribution < 1.29 is 9.90 Å². The second kappa shape index (κ2) is 4.12. The van der Waals surface area contributed by atoms with Crippen molar-refractivity contribution in [1.29, 1.82) is 0 Å². The molecule has 4 nitrogen and oxygen atoms in total. The Kier molecular flexibility index (Phi) is 2.81. The largest absolute Gasteiger partial charge is 0.477 e. The fraction of sp³-hybridized carbons (Fsp3) is 0.500. The van der Waals surface area contributed by atoms with Gasteiger partial charge in [0.15, 0.2) is 5.69 Å². The topological polar surface area (TPSA) is 53.4 Å². The molecule has 16 heavy (non-hydrogen) atoms. The molecule has 1 aromatic heterocycles. The first-order valence-corrected chi connectivity index (χ1v) is 5.53. The number of nitrogens with zero attached hydrogens (tertiary/aromatic N) is 2. The van der Waals surface area contributed by atoms with E-state index in [2.05, 4.69) is 23.7 Å². The maximum atomic E-state index is 10.8. The number of carboxylic acid groups (broad SMARTS) is 1. The number of hydrogen-bond donors (Lipinski definition) is 1. The van der Waals surface area contributed by atoms with Crippen molar-refractivity contribution in [3.63, 3.8) is 0 Å². The smallest absolute Gasteiger partial charge is 0.354 e. The molecule has 2 unspecified atom stereocenters. The molecule has 2 heterocycles. The highest BCUT2D eigenvalue weighted by Crippen LogP contribution is 2.26. The zero-order valence-electron chi connectivity index (χ0n) is 9.55. The van der Waals surface area contributed by atoms with Crippen LogP contribution in [0.2, 0.25) is 0 Å². The first-order valence-electron chi connectivity index (χ1n) is 5.53. The van der Waals surface area contributed by atoms with Crippen molar-refractivity contribution in [2.75, 3.05) is 18.0 Å². The van der Waals surface area contributed by atoms with E-state index >= 15 is 0 Å². The minimum Gasteiger partial charge on any atom is -0.477 e. The lowest BCUT2D eigenvalue weighted by molar-refractivity contribution is 0.0690. The van der Waals surface area contributed by atoms with Gasteiger partial charge in [-0.05, 0) is 24.0 Å². The third kappa shape index (κ3) is 2.01. The zero-order chi connectivity index (χ0) is 11.7. The number of aromatic nitrogens is 1. The number of hydrogen-bond acceptors (Lipinski definition) is 3. The first kappa shape index (κ1) is 10.9. The zero-order valence-corrected chi connectivity index (χ0v) is 9.55. The van der Waals surface area contributed by atoms with E-state index < -0.39 is 5.97 Å². The molecule has 1 aliphatic rings. The molecule has 1 N–H and O–H groups in total. The second-order valence-corrected chi connectivity index (χ2v) is 4.55. The Hall–Kier alpha value is -1.58. The van der Waals surface area contributed by atoms with Crippen LogP contribution in [0.25, 0.3) is 0 Å². The molecular weight excluding hydrogens is 204 g/mol. The molecule has 86 valence electrons. The van der Waals surface area contributed by atoms with Crippen LogP contribution in [0.15, 0.2) is 18.2 Å². The normalized spacial score (nSPS) is 24.8. The van der Waals surface area contributed by atoms with Crippen LogP contribution < -0.4 is 4.90 Å². The van der Waals surface area contributed by atoms with E-state index in [0.717, 1.165) is 18.9 Å². The molecule has 0 spiro atoms. The molecule has 0 saturated carbocycles. The number of pyridine rings is 1. The third-order valence-corrected chi connectivity index (χ3v) is 3.27. The predicted octanol–water partition coefficient (Wildman–Crippen LogP) is 1.87. The summed E-state index contributed by atoms with van der Waals surface area (Å²) in [6.07, 6.45) is 0. The van der Waals surface area contributed by atoms with Gasteiger partial charge in [-0.2, -0.15) is 0 Å². The van der Waals surface area contributed by atoms with Crippen molar-refractivity contribution in [3.05, 3.63) is 23.9 Å². The Balaban J connectivity index is 2.21. The average Bonchev–Trinajstić information content (AvgIpc) is 2.59. The van der Waals surface area contributed by atoms with Gasteiger partial charge in [-0.15, -0.1) is 0 Å². The Morgan fingerprint density at radius 1 is 1.38 bits per heavy atom. The molecular formula is C12H16N2O2. The number of carbonyl (C=O) groups is 1. The van der Waals surface area contributed by atoms with Gasteiger partial charge in [0.2, 0.25) is 0 Å². The van der Waals surface area contributed by atoms with E-state index in [1.165, 1.54) is 6.07 Å². The minimum absolute atomic E-state index is 0.115. The number of carboxylic acids is 1.